The van der Waals surface area contributed by atoms with Gasteiger partial charge in [0, 0.05) is 27.7 Å². The Hall–Kier alpha value is -0.900. The first-order chi connectivity index (χ1) is 7.65. The van der Waals surface area contributed by atoms with Gasteiger partial charge in [-0.05, 0) is 25.5 Å². The smallest absolute Gasteiger partial charge is 0.123 e. The maximum absolute atomic E-state index is 5.84. The minimum absolute atomic E-state index is 0.179. The van der Waals surface area contributed by atoms with Crippen LogP contribution in [0.3, 0.4) is 0 Å². The van der Waals surface area contributed by atoms with Gasteiger partial charge in [-0.1, -0.05) is 23.7 Å². The molecule has 2 N–H and O–H groups in total. The largest absolute Gasteiger partial charge is 0.328 e. The van der Waals surface area contributed by atoms with Crippen molar-refractivity contribution < 1.29 is 0 Å². The summed E-state index contributed by atoms with van der Waals surface area (Å²) in [6.07, 6.45) is 2.78. The quantitative estimate of drug-likeness (QED) is 0.910. The van der Waals surface area contributed by atoms with E-state index in [0.717, 1.165) is 22.0 Å². The Labute approximate surface area is 104 Å². The molecule has 2 nitrogen and oxygen atoms in total. The first kappa shape index (κ1) is 11.6. The molecule has 0 aliphatic rings. The first-order valence-electron chi connectivity index (χ1n) is 5.11. The summed E-state index contributed by atoms with van der Waals surface area (Å²) in [5, 5.41) is 1.77. The number of halogens is 1. The predicted molar refractivity (Wildman–Crippen MR) is 69.9 cm³/mol. The zero-order valence-electron chi connectivity index (χ0n) is 8.98. The molecule has 2 aromatic rings. The van der Waals surface area contributed by atoms with Crippen LogP contribution in [0.2, 0.25) is 5.02 Å². The van der Waals surface area contributed by atoms with E-state index in [1.807, 2.05) is 37.4 Å². The van der Waals surface area contributed by atoms with Crippen LogP contribution in [0, 0.1) is 0 Å². The van der Waals surface area contributed by atoms with Crippen LogP contribution in [0.25, 0.3) is 10.6 Å². The Morgan fingerprint density at radius 3 is 2.69 bits per heavy atom. The van der Waals surface area contributed by atoms with Crippen LogP contribution in [-0.2, 0) is 6.42 Å². The Morgan fingerprint density at radius 2 is 2.06 bits per heavy atom. The minimum atomic E-state index is 0.179. The molecular formula is C12H13ClN2S. The molecule has 0 radical (unpaired) electrons. The van der Waals surface area contributed by atoms with Gasteiger partial charge in [0.25, 0.3) is 0 Å². The van der Waals surface area contributed by atoms with Crippen molar-refractivity contribution in [3.8, 4) is 10.6 Å². The molecule has 1 aromatic heterocycles. The topological polar surface area (TPSA) is 38.9 Å². The van der Waals surface area contributed by atoms with E-state index < -0.39 is 0 Å². The average Bonchev–Trinajstić information content (AvgIpc) is 2.66. The lowest BCUT2D eigenvalue weighted by molar-refractivity contribution is 0.745. The summed E-state index contributed by atoms with van der Waals surface area (Å²) in [7, 11) is 0. The molecule has 1 aromatic carbocycles. The Balaban J connectivity index is 2.21. The highest BCUT2D eigenvalue weighted by atomic mass is 35.5. The Bertz CT molecular complexity index is 462. The number of nitrogens with zero attached hydrogens (tertiary/aromatic N) is 1. The summed E-state index contributed by atoms with van der Waals surface area (Å²) >= 11 is 7.53. The molecule has 0 aliphatic heterocycles. The third-order valence-electron chi connectivity index (χ3n) is 2.17. The zero-order valence-corrected chi connectivity index (χ0v) is 10.6. The highest BCUT2D eigenvalue weighted by Gasteiger charge is 2.06. The molecule has 0 aliphatic carbocycles. The third-order valence-corrected chi connectivity index (χ3v) is 3.49. The number of benzene rings is 1. The van der Waals surface area contributed by atoms with Crippen molar-refractivity contribution in [1.82, 2.24) is 4.98 Å². The summed E-state index contributed by atoms with van der Waals surface area (Å²) in [4.78, 5) is 5.61. The van der Waals surface area contributed by atoms with Crippen molar-refractivity contribution in [2.24, 2.45) is 5.73 Å². The van der Waals surface area contributed by atoms with Crippen molar-refractivity contribution in [3.05, 3.63) is 40.4 Å². The van der Waals surface area contributed by atoms with E-state index in [2.05, 4.69) is 4.98 Å². The van der Waals surface area contributed by atoms with Crippen molar-refractivity contribution in [3.63, 3.8) is 0 Å². The fraction of sp³-hybridized carbons (Fsp3) is 0.250. The molecule has 0 saturated heterocycles. The van der Waals surface area contributed by atoms with Crippen molar-refractivity contribution in [2.45, 2.75) is 19.4 Å². The van der Waals surface area contributed by atoms with E-state index in [9.17, 15) is 0 Å². The molecule has 1 unspecified atom stereocenters. The Morgan fingerprint density at radius 1 is 1.38 bits per heavy atom. The molecule has 0 bridgehead atoms. The standard InChI is InChI=1S/C12H13ClN2S/c1-8(14)6-11-7-15-12(16-11)9-2-4-10(13)5-3-9/h2-5,7-8H,6,14H2,1H3. The van der Waals surface area contributed by atoms with Gasteiger partial charge in [-0.3, -0.25) is 0 Å². The van der Waals surface area contributed by atoms with Gasteiger partial charge >= 0.3 is 0 Å². The fourth-order valence-electron chi connectivity index (χ4n) is 1.45. The van der Waals surface area contributed by atoms with Crippen LogP contribution in [0.4, 0.5) is 0 Å². The highest BCUT2D eigenvalue weighted by Crippen LogP contribution is 2.26. The molecule has 1 atom stereocenters. The van der Waals surface area contributed by atoms with Crippen molar-refractivity contribution >= 4 is 22.9 Å². The number of hydrogen-bond acceptors (Lipinski definition) is 3. The van der Waals surface area contributed by atoms with Crippen LogP contribution in [-0.4, -0.2) is 11.0 Å². The summed E-state index contributed by atoms with van der Waals surface area (Å²) < 4.78 is 0. The van der Waals surface area contributed by atoms with Gasteiger partial charge in [0.05, 0.1) is 0 Å². The number of hydrogen-bond donors (Lipinski definition) is 1. The second-order valence-corrected chi connectivity index (χ2v) is 5.37. The van der Waals surface area contributed by atoms with Gasteiger partial charge in [-0.15, -0.1) is 11.3 Å². The molecule has 0 amide bonds. The van der Waals surface area contributed by atoms with Gasteiger partial charge in [-0.2, -0.15) is 0 Å². The van der Waals surface area contributed by atoms with Gasteiger partial charge in [0.15, 0.2) is 0 Å². The minimum Gasteiger partial charge on any atom is -0.328 e. The van der Waals surface area contributed by atoms with Crippen LogP contribution in [0.15, 0.2) is 30.5 Å². The maximum Gasteiger partial charge on any atom is 0.123 e. The lowest BCUT2D eigenvalue weighted by Crippen LogP contribution is -2.16. The SMILES string of the molecule is CC(N)Cc1cnc(-c2ccc(Cl)cc2)s1. The lowest BCUT2D eigenvalue weighted by Gasteiger charge is -1.99. The van der Waals surface area contributed by atoms with E-state index in [1.165, 1.54) is 4.88 Å². The first-order valence-corrected chi connectivity index (χ1v) is 6.31. The molecule has 1 heterocycles. The summed E-state index contributed by atoms with van der Waals surface area (Å²) in [6.45, 7) is 2.00. The van der Waals surface area contributed by atoms with Crippen LogP contribution in [0.5, 0.6) is 0 Å². The van der Waals surface area contributed by atoms with E-state index in [1.54, 1.807) is 11.3 Å². The zero-order chi connectivity index (χ0) is 11.5. The molecule has 16 heavy (non-hydrogen) atoms. The maximum atomic E-state index is 5.84. The number of thiazole rings is 1. The normalized spacial score (nSPS) is 12.7. The van der Waals surface area contributed by atoms with Gasteiger partial charge in [0.1, 0.15) is 5.01 Å². The van der Waals surface area contributed by atoms with E-state index in [0.29, 0.717) is 0 Å². The second-order valence-electron chi connectivity index (χ2n) is 3.82. The molecule has 2 rings (SSSR count). The highest BCUT2D eigenvalue weighted by molar-refractivity contribution is 7.15. The predicted octanol–water partition coefficient (Wildman–Crippen LogP) is 3.35. The summed E-state index contributed by atoms with van der Waals surface area (Å²) in [5.74, 6) is 0. The van der Waals surface area contributed by atoms with Gasteiger partial charge < -0.3 is 5.73 Å². The van der Waals surface area contributed by atoms with E-state index >= 15 is 0 Å². The molecule has 84 valence electrons. The summed E-state index contributed by atoms with van der Waals surface area (Å²) in [5.41, 5.74) is 6.86. The van der Waals surface area contributed by atoms with E-state index in [4.69, 9.17) is 17.3 Å². The molecular weight excluding hydrogens is 240 g/mol. The number of rotatable bonds is 3. The summed E-state index contributed by atoms with van der Waals surface area (Å²) in [6, 6.07) is 7.90. The van der Waals surface area contributed by atoms with Gasteiger partial charge in [0.2, 0.25) is 0 Å². The third kappa shape index (κ3) is 2.82. The van der Waals surface area contributed by atoms with Crippen LogP contribution in [0.1, 0.15) is 11.8 Å². The second kappa shape index (κ2) is 4.95. The van der Waals surface area contributed by atoms with Crippen LogP contribution < -0.4 is 5.73 Å². The van der Waals surface area contributed by atoms with Crippen molar-refractivity contribution in [1.29, 1.82) is 0 Å². The number of nitrogens with two attached hydrogens (primary N) is 1. The molecule has 4 heteroatoms. The van der Waals surface area contributed by atoms with E-state index in [-0.39, 0.29) is 6.04 Å². The molecule has 0 fully saturated rings. The number of aromatic nitrogens is 1. The molecule has 0 saturated carbocycles. The van der Waals surface area contributed by atoms with Gasteiger partial charge in [-0.25, -0.2) is 4.98 Å². The molecule has 0 spiro atoms. The lowest BCUT2D eigenvalue weighted by atomic mass is 10.2. The Kier molecular flexibility index (Phi) is 3.59. The monoisotopic (exact) mass is 252 g/mol. The van der Waals surface area contributed by atoms with Crippen molar-refractivity contribution in [2.75, 3.05) is 0 Å². The average molecular weight is 253 g/mol. The fourth-order valence-corrected chi connectivity index (χ4v) is 2.63. The van der Waals surface area contributed by atoms with Crippen LogP contribution >= 0.6 is 22.9 Å².